The summed E-state index contributed by atoms with van der Waals surface area (Å²) in [5, 5.41) is 3.69. The highest BCUT2D eigenvalue weighted by atomic mass is 19.1. The average molecular weight is 272 g/mol. The first-order valence-corrected chi connectivity index (χ1v) is 6.48. The molecular weight excluding hydrogens is 255 g/mol. The predicted octanol–water partition coefficient (Wildman–Crippen LogP) is 2.39. The van der Waals surface area contributed by atoms with Gasteiger partial charge in [-0.1, -0.05) is 5.92 Å². The number of aromatic nitrogens is 1. The number of carbonyl (C=O) groups is 1. The molecule has 1 amide bonds. The van der Waals surface area contributed by atoms with E-state index >= 15 is 0 Å². The summed E-state index contributed by atoms with van der Waals surface area (Å²) in [6.45, 7) is 3.53. The van der Waals surface area contributed by atoms with E-state index < -0.39 is 0 Å². The topological polar surface area (TPSA) is 34.0 Å². The fourth-order valence-corrected chi connectivity index (χ4v) is 2.36. The molecule has 0 radical (unpaired) electrons. The van der Waals surface area contributed by atoms with Gasteiger partial charge < -0.3 is 9.88 Å². The first-order valence-electron chi connectivity index (χ1n) is 6.48. The summed E-state index contributed by atoms with van der Waals surface area (Å²) in [6, 6.07) is 4.69. The first kappa shape index (κ1) is 14.1. The maximum atomic E-state index is 13.4. The van der Waals surface area contributed by atoms with Crippen LogP contribution in [0.15, 0.2) is 24.4 Å². The van der Waals surface area contributed by atoms with E-state index in [1.807, 2.05) is 24.7 Å². The lowest BCUT2D eigenvalue weighted by atomic mass is 10.1. The van der Waals surface area contributed by atoms with Gasteiger partial charge in [0.1, 0.15) is 5.82 Å². The van der Waals surface area contributed by atoms with Crippen molar-refractivity contribution in [3.8, 4) is 11.8 Å². The summed E-state index contributed by atoms with van der Waals surface area (Å²) >= 11 is 0. The van der Waals surface area contributed by atoms with Gasteiger partial charge >= 0.3 is 0 Å². The van der Waals surface area contributed by atoms with E-state index in [-0.39, 0.29) is 17.8 Å². The van der Waals surface area contributed by atoms with Crippen LogP contribution in [0.25, 0.3) is 10.9 Å². The second kappa shape index (κ2) is 5.79. The van der Waals surface area contributed by atoms with Crippen LogP contribution in [0, 0.1) is 17.7 Å². The summed E-state index contributed by atoms with van der Waals surface area (Å²) in [7, 11) is 1.93. The monoisotopic (exact) mass is 272 g/mol. The van der Waals surface area contributed by atoms with Gasteiger partial charge in [0, 0.05) is 30.2 Å². The van der Waals surface area contributed by atoms with Gasteiger partial charge in [0.05, 0.1) is 0 Å². The summed E-state index contributed by atoms with van der Waals surface area (Å²) in [5.41, 5.74) is 1.99. The zero-order valence-electron chi connectivity index (χ0n) is 11.8. The van der Waals surface area contributed by atoms with Crippen LogP contribution in [0.4, 0.5) is 4.39 Å². The number of halogens is 1. The van der Waals surface area contributed by atoms with Crippen LogP contribution in [0.3, 0.4) is 0 Å². The third-order valence-electron chi connectivity index (χ3n) is 3.18. The average Bonchev–Trinajstić information content (AvgIpc) is 2.65. The fraction of sp³-hybridized carbons (Fsp3) is 0.312. The summed E-state index contributed by atoms with van der Waals surface area (Å²) in [6.07, 6.45) is 2.61. The number of nitrogens with zero attached hydrogens (tertiary/aromatic N) is 1. The smallest absolute Gasteiger partial charge is 0.296 e. The Morgan fingerprint density at radius 3 is 2.95 bits per heavy atom. The second-order valence-corrected chi connectivity index (χ2v) is 4.88. The number of amides is 1. The van der Waals surface area contributed by atoms with E-state index in [4.69, 9.17) is 0 Å². The zero-order valence-corrected chi connectivity index (χ0v) is 11.8. The number of rotatable bonds is 3. The number of fused-ring (bicyclic) bond motifs is 1. The molecule has 1 aromatic carbocycles. The molecule has 1 aromatic heterocycles. The van der Waals surface area contributed by atoms with Crippen molar-refractivity contribution in [3.63, 3.8) is 0 Å². The molecule has 1 heterocycles. The number of nitrogens with one attached hydrogen (secondary N) is 1. The van der Waals surface area contributed by atoms with Crippen LogP contribution < -0.4 is 5.32 Å². The minimum absolute atomic E-state index is 0.0581. The highest BCUT2D eigenvalue weighted by molar-refractivity contribution is 5.93. The molecule has 0 aliphatic carbocycles. The van der Waals surface area contributed by atoms with Gasteiger partial charge in [-0.15, -0.1) is 0 Å². The highest BCUT2D eigenvalue weighted by Gasteiger charge is 2.12. The standard InChI is InChI=1S/C16H17FN2O/c1-4-5-16(20)18-11(2)8-12-10-19(3)15-7-6-13(17)9-14(12)15/h6-7,9-11H,8H2,1-3H3,(H,18,20). The maximum absolute atomic E-state index is 13.4. The largest absolute Gasteiger partial charge is 0.350 e. The zero-order chi connectivity index (χ0) is 14.7. The van der Waals surface area contributed by atoms with E-state index in [0.29, 0.717) is 6.42 Å². The second-order valence-electron chi connectivity index (χ2n) is 4.88. The van der Waals surface area contributed by atoms with Gasteiger partial charge in [-0.25, -0.2) is 4.39 Å². The Kier molecular flexibility index (Phi) is 4.09. The summed E-state index contributed by atoms with van der Waals surface area (Å²) in [4.78, 5) is 11.4. The molecule has 0 aliphatic heterocycles. The third-order valence-corrected chi connectivity index (χ3v) is 3.18. The van der Waals surface area contributed by atoms with Gasteiger partial charge in [0.2, 0.25) is 0 Å². The number of carbonyl (C=O) groups excluding carboxylic acids is 1. The molecule has 0 fully saturated rings. The Morgan fingerprint density at radius 1 is 1.50 bits per heavy atom. The fourth-order valence-electron chi connectivity index (χ4n) is 2.36. The van der Waals surface area contributed by atoms with Crippen LogP contribution in [-0.2, 0) is 18.3 Å². The molecule has 0 saturated heterocycles. The van der Waals surface area contributed by atoms with E-state index in [1.165, 1.54) is 12.1 Å². The van der Waals surface area contributed by atoms with Gasteiger partial charge in [0.25, 0.3) is 5.91 Å². The lowest BCUT2D eigenvalue weighted by molar-refractivity contribution is -0.116. The number of aryl methyl sites for hydroxylation is 1. The van der Waals surface area contributed by atoms with E-state index in [1.54, 1.807) is 13.0 Å². The molecule has 1 atom stereocenters. The minimum Gasteiger partial charge on any atom is -0.350 e. The molecule has 0 bridgehead atoms. The Balaban J connectivity index is 2.22. The lowest BCUT2D eigenvalue weighted by Crippen LogP contribution is -2.33. The van der Waals surface area contributed by atoms with Crippen molar-refractivity contribution >= 4 is 16.8 Å². The van der Waals surface area contributed by atoms with E-state index in [9.17, 15) is 9.18 Å². The van der Waals surface area contributed by atoms with Crippen molar-refractivity contribution in [1.82, 2.24) is 9.88 Å². The molecule has 1 N–H and O–H groups in total. The first-order chi connectivity index (χ1) is 9.51. The van der Waals surface area contributed by atoms with Gasteiger partial charge in [-0.05, 0) is 50.0 Å². The van der Waals surface area contributed by atoms with E-state index in [0.717, 1.165) is 16.5 Å². The van der Waals surface area contributed by atoms with Crippen molar-refractivity contribution in [2.75, 3.05) is 0 Å². The van der Waals surface area contributed by atoms with Gasteiger partial charge in [-0.3, -0.25) is 4.79 Å². The van der Waals surface area contributed by atoms with Gasteiger partial charge in [0.15, 0.2) is 0 Å². The van der Waals surface area contributed by atoms with Crippen LogP contribution >= 0.6 is 0 Å². The van der Waals surface area contributed by atoms with Gasteiger partial charge in [-0.2, -0.15) is 0 Å². The van der Waals surface area contributed by atoms with Crippen LogP contribution in [0.2, 0.25) is 0 Å². The number of hydrogen-bond acceptors (Lipinski definition) is 1. The van der Waals surface area contributed by atoms with E-state index in [2.05, 4.69) is 17.2 Å². The SMILES string of the molecule is CC#CC(=O)NC(C)Cc1cn(C)c2ccc(F)cc12. The number of hydrogen-bond donors (Lipinski definition) is 1. The molecule has 0 aliphatic rings. The molecule has 0 saturated carbocycles. The molecular formula is C16H17FN2O. The Bertz CT molecular complexity index is 706. The molecule has 3 nitrogen and oxygen atoms in total. The van der Waals surface area contributed by atoms with Crippen molar-refractivity contribution < 1.29 is 9.18 Å². The Labute approximate surface area is 117 Å². The molecule has 2 aromatic rings. The molecule has 20 heavy (non-hydrogen) atoms. The Morgan fingerprint density at radius 2 is 2.25 bits per heavy atom. The quantitative estimate of drug-likeness (QED) is 0.855. The predicted molar refractivity (Wildman–Crippen MR) is 77.6 cm³/mol. The number of benzene rings is 1. The third kappa shape index (κ3) is 3.00. The highest BCUT2D eigenvalue weighted by Crippen LogP contribution is 2.22. The van der Waals surface area contributed by atoms with Crippen LogP contribution in [0.1, 0.15) is 19.4 Å². The molecule has 4 heteroatoms. The molecule has 2 rings (SSSR count). The van der Waals surface area contributed by atoms with Crippen LogP contribution in [-0.4, -0.2) is 16.5 Å². The van der Waals surface area contributed by atoms with Crippen LogP contribution in [0.5, 0.6) is 0 Å². The van der Waals surface area contributed by atoms with Crippen molar-refractivity contribution in [2.45, 2.75) is 26.3 Å². The summed E-state index contributed by atoms with van der Waals surface area (Å²) < 4.78 is 15.3. The Hall–Kier alpha value is -2.28. The van der Waals surface area contributed by atoms with Crippen molar-refractivity contribution in [3.05, 3.63) is 35.8 Å². The van der Waals surface area contributed by atoms with Crippen molar-refractivity contribution in [2.24, 2.45) is 7.05 Å². The lowest BCUT2D eigenvalue weighted by Gasteiger charge is -2.10. The normalized spacial score (nSPS) is 11.8. The summed E-state index contributed by atoms with van der Waals surface area (Å²) in [5.74, 6) is 4.47. The molecule has 104 valence electrons. The molecule has 1 unspecified atom stereocenters. The van der Waals surface area contributed by atoms with Crippen molar-refractivity contribution in [1.29, 1.82) is 0 Å². The maximum Gasteiger partial charge on any atom is 0.296 e. The molecule has 0 spiro atoms. The minimum atomic E-state index is -0.286.